The van der Waals surface area contributed by atoms with Crippen LogP contribution in [0.1, 0.15) is 0 Å². The van der Waals surface area contributed by atoms with Crippen LogP contribution in [0.2, 0.25) is 0 Å². The number of hydrogen-bond donors (Lipinski definition) is 1. The zero-order valence-electron chi connectivity index (χ0n) is 6.16. The first kappa shape index (κ1) is 8.99. The van der Waals surface area contributed by atoms with Crippen LogP contribution in [-0.4, -0.2) is 17.5 Å². The molecule has 1 heterocycles. The molecule has 0 unspecified atom stereocenters. The van der Waals surface area contributed by atoms with Crippen molar-refractivity contribution >= 4 is 21.8 Å². The van der Waals surface area contributed by atoms with Crippen LogP contribution in [0.3, 0.4) is 0 Å². The maximum Gasteiger partial charge on any atom is 0.255 e. The zero-order chi connectivity index (χ0) is 8.97. The Balaban J connectivity index is 2.57. The van der Waals surface area contributed by atoms with Crippen molar-refractivity contribution in [2.75, 3.05) is 6.61 Å². The predicted molar refractivity (Wildman–Crippen MR) is 46.6 cm³/mol. The number of nitrogens with zero attached hydrogens (tertiary/aromatic N) is 1. The van der Waals surface area contributed by atoms with Gasteiger partial charge in [0.05, 0.1) is 6.20 Å². The van der Waals surface area contributed by atoms with Crippen LogP contribution < -0.4 is 10.5 Å². The number of rotatable bonds is 3. The van der Waals surface area contributed by atoms with E-state index in [0.29, 0.717) is 5.75 Å². The monoisotopic (exact) mass is 230 g/mol. The molecule has 2 N–H and O–H groups in total. The molecule has 0 aromatic carbocycles. The summed E-state index contributed by atoms with van der Waals surface area (Å²) in [7, 11) is 0. The molecule has 4 nitrogen and oxygen atoms in total. The molecule has 0 atom stereocenters. The number of ether oxygens (including phenoxy) is 1. The molecule has 1 aromatic heterocycles. The van der Waals surface area contributed by atoms with Crippen molar-refractivity contribution in [3.63, 3.8) is 0 Å². The van der Waals surface area contributed by atoms with Crippen molar-refractivity contribution in [2.24, 2.45) is 5.73 Å². The number of carbonyl (C=O) groups is 1. The number of carbonyl (C=O) groups excluding carboxylic acids is 1. The molecule has 64 valence electrons. The summed E-state index contributed by atoms with van der Waals surface area (Å²) in [6.07, 6.45) is 3.13. The van der Waals surface area contributed by atoms with Gasteiger partial charge in [-0.3, -0.25) is 9.78 Å². The molecule has 12 heavy (non-hydrogen) atoms. The van der Waals surface area contributed by atoms with E-state index in [1.54, 1.807) is 12.3 Å². The fourth-order valence-corrected chi connectivity index (χ4v) is 0.970. The average molecular weight is 231 g/mol. The number of halogens is 1. The average Bonchev–Trinajstić information content (AvgIpc) is 2.01. The van der Waals surface area contributed by atoms with Gasteiger partial charge in [-0.1, -0.05) is 0 Å². The van der Waals surface area contributed by atoms with Crippen molar-refractivity contribution in [1.82, 2.24) is 4.98 Å². The van der Waals surface area contributed by atoms with Gasteiger partial charge in [0.15, 0.2) is 6.61 Å². The van der Waals surface area contributed by atoms with Crippen LogP contribution in [0, 0.1) is 0 Å². The molecule has 1 amide bonds. The lowest BCUT2D eigenvalue weighted by atomic mass is 10.5. The Labute approximate surface area is 77.9 Å². The second kappa shape index (κ2) is 4.06. The molecule has 1 rings (SSSR count). The summed E-state index contributed by atoms with van der Waals surface area (Å²) in [6.45, 7) is -0.127. The van der Waals surface area contributed by atoms with Gasteiger partial charge >= 0.3 is 0 Å². The Kier molecular flexibility index (Phi) is 3.04. The summed E-state index contributed by atoms with van der Waals surface area (Å²) in [5.74, 6) is 0.0122. The summed E-state index contributed by atoms with van der Waals surface area (Å²) in [4.78, 5) is 14.2. The van der Waals surface area contributed by atoms with Crippen molar-refractivity contribution in [3.05, 3.63) is 22.9 Å². The van der Waals surface area contributed by atoms with Crippen molar-refractivity contribution in [3.8, 4) is 5.75 Å². The maximum absolute atomic E-state index is 10.3. The van der Waals surface area contributed by atoms with Gasteiger partial charge in [0.2, 0.25) is 0 Å². The summed E-state index contributed by atoms with van der Waals surface area (Å²) < 4.78 is 5.78. The predicted octanol–water partition coefficient (Wildman–Crippen LogP) is 0.708. The highest BCUT2D eigenvalue weighted by Crippen LogP contribution is 2.15. The SMILES string of the molecule is NC(=O)COc1cncc(Br)c1. The van der Waals surface area contributed by atoms with Crippen molar-refractivity contribution in [2.45, 2.75) is 0 Å². The van der Waals surface area contributed by atoms with E-state index in [1.165, 1.54) is 6.20 Å². The molecule has 5 heteroatoms. The Morgan fingerprint density at radius 3 is 3.00 bits per heavy atom. The van der Waals surface area contributed by atoms with Gasteiger partial charge in [-0.25, -0.2) is 0 Å². The van der Waals surface area contributed by atoms with Gasteiger partial charge in [-0.15, -0.1) is 0 Å². The molecule has 0 aliphatic rings. The Bertz CT molecular complexity index is 290. The Morgan fingerprint density at radius 1 is 1.67 bits per heavy atom. The topological polar surface area (TPSA) is 65.2 Å². The quantitative estimate of drug-likeness (QED) is 0.832. The van der Waals surface area contributed by atoms with E-state index in [2.05, 4.69) is 20.9 Å². The van der Waals surface area contributed by atoms with Gasteiger partial charge < -0.3 is 10.5 Å². The molecule has 0 spiro atoms. The third kappa shape index (κ3) is 2.87. The molecule has 0 aliphatic carbocycles. The third-order valence-corrected chi connectivity index (χ3v) is 1.49. The van der Waals surface area contributed by atoms with Crippen LogP contribution in [-0.2, 0) is 4.79 Å². The molecule has 0 radical (unpaired) electrons. The van der Waals surface area contributed by atoms with Gasteiger partial charge in [-0.2, -0.15) is 0 Å². The second-order valence-corrected chi connectivity index (χ2v) is 3.01. The molecule has 0 saturated carbocycles. The highest BCUT2D eigenvalue weighted by molar-refractivity contribution is 9.10. The fourth-order valence-electron chi connectivity index (χ4n) is 0.626. The first-order valence-corrected chi connectivity index (χ1v) is 3.99. The summed E-state index contributed by atoms with van der Waals surface area (Å²) >= 11 is 3.21. The number of primary amides is 1. The van der Waals surface area contributed by atoms with E-state index in [0.717, 1.165) is 4.47 Å². The van der Waals surface area contributed by atoms with Gasteiger partial charge in [-0.05, 0) is 22.0 Å². The maximum atomic E-state index is 10.3. The highest BCUT2D eigenvalue weighted by atomic mass is 79.9. The van der Waals surface area contributed by atoms with Crippen LogP contribution >= 0.6 is 15.9 Å². The van der Waals surface area contributed by atoms with E-state index in [9.17, 15) is 4.79 Å². The van der Waals surface area contributed by atoms with E-state index < -0.39 is 5.91 Å². The smallest absolute Gasteiger partial charge is 0.255 e. The van der Waals surface area contributed by atoms with Crippen molar-refractivity contribution < 1.29 is 9.53 Å². The number of pyridine rings is 1. The lowest BCUT2D eigenvalue weighted by Crippen LogP contribution is -2.20. The second-order valence-electron chi connectivity index (χ2n) is 2.09. The van der Waals surface area contributed by atoms with Crippen LogP contribution in [0.4, 0.5) is 0 Å². The number of aromatic nitrogens is 1. The minimum atomic E-state index is -0.505. The first-order chi connectivity index (χ1) is 5.68. The van der Waals surface area contributed by atoms with Gasteiger partial charge in [0, 0.05) is 10.7 Å². The highest BCUT2D eigenvalue weighted by Gasteiger charge is 1.97. The molecule has 0 aliphatic heterocycles. The lowest BCUT2D eigenvalue weighted by molar-refractivity contribution is -0.119. The zero-order valence-corrected chi connectivity index (χ0v) is 7.74. The van der Waals surface area contributed by atoms with E-state index >= 15 is 0 Å². The molecule has 1 aromatic rings. The molecular weight excluding hydrogens is 224 g/mol. The number of hydrogen-bond acceptors (Lipinski definition) is 3. The lowest BCUT2D eigenvalue weighted by Gasteiger charge is -2.01. The van der Waals surface area contributed by atoms with Crippen LogP contribution in [0.25, 0.3) is 0 Å². The first-order valence-electron chi connectivity index (χ1n) is 3.20. The summed E-state index contributed by atoms with van der Waals surface area (Å²) in [6, 6.07) is 1.70. The van der Waals surface area contributed by atoms with E-state index in [4.69, 9.17) is 10.5 Å². The minimum absolute atomic E-state index is 0.127. The summed E-state index contributed by atoms with van der Waals surface area (Å²) in [5.41, 5.74) is 4.88. The van der Waals surface area contributed by atoms with Crippen LogP contribution in [0.5, 0.6) is 5.75 Å². The molecule has 0 fully saturated rings. The van der Waals surface area contributed by atoms with Crippen molar-refractivity contribution in [1.29, 1.82) is 0 Å². The summed E-state index contributed by atoms with van der Waals surface area (Å²) in [5, 5.41) is 0. The molecule has 0 bridgehead atoms. The van der Waals surface area contributed by atoms with E-state index in [1.807, 2.05) is 0 Å². The fraction of sp³-hybridized carbons (Fsp3) is 0.143. The van der Waals surface area contributed by atoms with Crippen LogP contribution in [0.15, 0.2) is 22.9 Å². The number of amides is 1. The van der Waals surface area contributed by atoms with Gasteiger partial charge in [0.1, 0.15) is 5.75 Å². The minimum Gasteiger partial charge on any atom is -0.482 e. The van der Waals surface area contributed by atoms with Gasteiger partial charge in [0.25, 0.3) is 5.91 Å². The molecular formula is C7H7BrN2O2. The largest absolute Gasteiger partial charge is 0.482 e. The Morgan fingerprint density at radius 2 is 2.42 bits per heavy atom. The van der Waals surface area contributed by atoms with E-state index in [-0.39, 0.29) is 6.61 Å². The Hall–Kier alpha value is -1.10. The normalized spacial score (nSPS) is 9.42. The molecule has 0 saturated heterocycles. The third-order valence-electron chi connectivity index (χ3n) is 1.06. The standard InChI is InChI=1S/C7H7BrN2O2/c8-5-1-6(3-10-2-5)12-4-7(9)11/h1-3H,4H2,(H2,9,11). The number of nitrogens with two attached hydrogens (primary N) is 1.